The molecule has 4 N–H and O–H groups in total. The van der Waals surface area contributed by atoms with Crippen molar-refractivity contribution < 1.29 is 56.8 Å². The van der Waals surface area contributed by atoms with Crippen LogP contribution in [-0.4, -0.2) is 96.0 Å². The molecule has 1 saturated heterocycles. The Morgan fingerprint density at radius 3 is 1.27 bits per heavy atom. The lowest BCUT2D eigenvalue weighted by Crippen LogP contribution is -2.60. The predicted octanol–water partition coefficient (Wildman–Crippen LogP) is 12.6. The summed E-state index contributed by atoms with van der Waals surface area (Å²) in [7, 11) is -4.60. The number of hydrogen-bond donors (Lipinski definition) is 4. The Morgan fingerprint density at radius 1 is 0.500 bits per heavy atom. The molecular formula is C53H100O12S. The second kappa shape index (κ2) is 43.4. The molecule has 0 aromatic rings. The van der Waals surface area contributed by atoms with E-state index in [1.807, 2.05) is 0 Å². The summed E-state index contributed by atoms with van der Waals surface area (Å²) in [5.41, 5.74) is 0. The van der Waals surface area contributed by atoms with Crippen molar-refractivity contribution in [3.63, 3.8) is 0 Å². The molecule has 1 heterocycles. The number of aliphatic hydroxyl groups excluding tert-OH is 3. The normalized spacial score (nSPS) is 19.4. The Kier molecular flexibility index (Phi) is 41.0. The molecular weight excluding hydrogens is 861 g/mol. The summed E-state index contributed by atoms with van der Waals surface area (Å²) in [5.74, 6) is -1.98. The highest BCUT2D eigenvalue weighted by Crippen LogP contribution is 2.24. The largest absolute Gasteiger partial charge is 0.462 e. The molecule has 390 valence electrons. The van der Waals surface area contributed by atoms with Gasteiger partial charge < -0.3 is 34.3 Å². The van der Waals surface area contributed by atoms with E-state index >= 15 is 0 Å². The summed E-state index contributed by atoms with van der Waals surface area (Å²) >= 11 is 0. The zero-order valence-corrected chi connectivity index (χ0v) is 42.9. The fraction of sp³-hybridized carbons (Fsp3) is 0.925. The Balaban J connectivity index is 2.32. The first-order valence-corrected chi connectivity index (χ1v) is 28.9. The smallest absolute Gasteiger partial charge is 0.306 e. The van der Waals surface area contributed by atoms with Gasteiger partial charge in [-0.15, -0.1) is 0 Å². The van der Waals surface area contributed by atoms with E-state index in [4.69, 9.17) is 18.9 Å². The van der Waals surface area contributed by atoms with Gasteiger partial charge in [0.1, 0.15) is 36.8 Å². The highest BCUT2D eigenvalue weighted by atomic mass is 32.2. The first kappa shape index (κ1) is 62.4. The van der Waals surface area contributed by atoms with Gasteiger partial charge in [0.15, 0.2) is 12.4 Å². The molecule has 0 aliphatic carbocycles. The van der Waals surface area contributed by atoms with Crippen LogP contribution in [-0.2, 0) is 38.7 Å². The van der Waals surface area contributed by atoms with E-state index in [9.17, 15) is 37.9 Å². The van der Waals surface area contributed by atoms with Crippen LogP contribution in [0, 0.1) is 0 Å². The molecule has 1 aliphatic heterocycles. The lowest BCUT2D eigenvalue weighted by molar-refractivity contribution is -0.297. The molecule has 12 nitrogen and oxygen atoms in total. The third-order valence-electron chi connectivity index (χ3n) is 12.8. The minimum Gasteiger partial charge on any atom is -0.462 e. The third kappa shape index (κ3) is 37.3. The van der Waals surface area contributed by atoms with Crippen molar-refractivity contribution >= 4 is 22.1 Å². The number of ether oxygens (including phenoxy) is 4. The number of allylic oxidation sites excluding steroid dienone is 2. The lowest BCUT2D eigenvalue weighted by Gasteiger charge is -2.40. The summed E-state index contributed by atoms with van der Waals surface area (Å²) < 4.78 is 54.3. The second-order valence-electron chi connectivity index (χ2n) is 19.3. The number of rotatable bonds is 47. The van der Waals surface area contributed by atoms with Crippen molar-refractivity contribution in [2.24, 2.45) is 0 Å². The first-order chi connectivity index (χ1) is 32.0. The van der Waals surface area contributed by atoms with Gasteiger partial charge in [0.25, 0.3) is 10.1 Å². The zero-order valence-electron chi connectivity index (χ0n) is 42.1. The van der Waals surface area contributed by atoms with E-state index < -0.39 is 71.2 Å². The van der Waals surface area contributed by atoms with Crippen LogP contribution in [0.5, 0.6) is 0 Å². The van der Waals surface area contributed by atoms with Gasteiger partial charge >= 0.3 is 11.9 Å². The minimum absolute atomic E-state index is 0.168. The van der Waals surface area contributed by atoms with Gasteiger partial charge in [0.2, 0.25) is 0 Å². The maximum Gasteiger partial charge on any atom is 0.306 e. The quantitative estimate of drug-likeness (QED) is 0.0196. The molecule has 66 heavy (non-hydrogen) atoms. The van der Waals surface area contributed by atoms with E-state index in [1.165, 1.54) is 173 Å². The average Bonchev–Trinajstić information content (AvgIpc) is 3.28. The standard InChI is InChI=1S/C53H100O12S/c1-3-5-7-9-11-13-15-17-19-20-21-22-23-24-25-26-28-30-32-34-36-38-40-42-49(55)64-46(44-63-53-52(58)51(57)50(56)47(65-53)45-66(59,60)61)43-62-48(54)41-39-37-35-33-31-29-27-18-16-14-12-10-8-6-4-2/h29,31,46-47,50-53,56-58H,3-28,30,32-45H2,1-2H3,(H,59,60,61)/b31-29+/t46-,47-,50-,51?,52?,53+/m1/s1. The number of aliphatic hydroxyl groups is 3. The maximum absolute atomic E-state index is 12.9. The topological polar surface area (TPSA) is 186 Å². The van der Waals surface area contributed by atoms with Crippen LogP contribution >= 0.6 is 0 Å². The second-order valence-corrected chi connectivity index (χ2v) is 20.8. The summed E-state index contributed by atoms with van der Waals surface area (Å²) in [5, 5.41) is 31.0. The van der Waals surface area contributed by atoms with Crippen molar-refractivity contribution in [1.82, 2.24) is 0 Å². The molecule has 0 bridgehead atoms. The van der Waals surface area contributed by atoms with E-state index in [1.54, 1.807) is 0 Å². The van der Waals surface area contributed by atoms with Crippen molar-refractivity contribution in [2.75, 3.05) is 19.0 Å². The van der Waals surface area contributed by atoms with Crippen LogP contribution in [0.25, 0.3) is 0 Å². The van der Waals surface area contributed by atoms with Gasteiger partial charge in [-0.25, -0.2) is 0 Å². The monoisotopic (exact) mass is 961 g/mol. The molecule has 1 fully saturated rings. The number of carbonyl (C=O) groups excluding carboxylic acids is 2. The van der Waals surface area contributed by atoms with Gasteiger partial charge in [-0.3, -0.25) is 14.1 Å². The van der Waals surface area contributed by atoms with Crippen molar-refractivity contribution in [2.45, 2.75) is 295 Å². The molecule has 2 unspecified atom stereocenters. The van der Waals surface area contributed by atoms with Crippen LogP contribution in [0.3, 0.4) is 0 Å². The Labute approximate surface area is 403 Å². The van der Waals surface area contributed by atoms with E-state index in [0.29, 0.717) is 12.8 Å². The predicted molar refractivity (Wildman–Crippen MR) is 266 cm³/mol. The lowest BCUT2D eigenvalue weighted by atomic mass is 10.00. The molecule has 6 atom stereocenters. The third-order valence-corrected chi connectivity index (χ3v) is 13.6. The Morgan fingerprint density at radius 2 is 0.864 bits per heavy atom. The SMILES string of the molecule is CCCCCCCCCC/C=C/CCCCCC(=O)OC[C@H](CO[C@H]1O[C@H](CS(=O)(=O)O)[C@@H](O)C(O)C1O)OC(=O)CCCCCCCCCCCCCCCCCCCCCCCCC. The fourth-order valence-corrected chi connectivity index (χ4v) is 9.31. The van der Waals surface area contributed by atoms with Gasteiger partial charge in [0.05, 0.1) is 6.61 Å². The molecule has 13 heteroatoms. The molecule has 0 saturated carbocycles. The fourth-order valence-electron chi connectivity index (χ4n) is 8.62. The summed E-state index contributed by atoms with van der Waals surface area (Å²) in [6.45, 7) is 3.80. The molecule has 0 amide bonds. The van der Waals surface area contributed by atoms with Crippen LogP contribution < -0.4 is 0 Å². The van der Waals surface area contributed by atoms with Gasteiger partial charge in [0, 0.05) is 12.8 Å². The highest BCUT2D eigenvalue weighted by molar-refractivity contribution is 7.85. The highest BCUT2D eigenvalue weighted by Gasteiger charge is 2.46. The Hall–Kier alpha value is -1.61. The van der Waals surface area contributed by atoms with E-state index in [-0.39, 0.29) is 19.4 Å². The molecule has 1 rings (SSSR count). The van der Waals surface area contributed by atoms with E-state index in [0.717, 1.165) is 44.9 Å². The van der Waals surface area contributed by atoms with Crippen LogP contribution in [0.4, 0.5) is 0 Å². The van der Waals surface area contributed by atoms with Crippen LogP contribution in [0.15, 0.2) is 12.2 Å². The summed E-state index contributed by atoms with van der Waals surface area (Å²) in [6.07, 6.45) is 39.7. The summed E-state index contributed by atoms with van der Waals surface area (Å²) in [4.78, 5) is 25.5. The molecule has 0 aromatic carbocycles. The van der Waals surface area contributed by atoms with Crippen LogP contribution in [0.2, 0.25) is 0 Å². The van der Waals surface area contributed by atoms with Gasteiger partial charge in [-0.1, -0.05) is 219 Å². The van der Waals surface area contributed by atoms with Gasteiger partial charge in [-0.2, -0.15) is 8.42 Å². The maximum atomic E-state index is 12.9. The summed E-state index contributed by atoms with van der Waals surface area (Å²) in [6, 6.07) is 0. The Bertz CT molecular complexity index is 1260. The van der Waals surface area contributed by atoms with Crippen molar-refractivity contribution in [3.8, 4) is 0 Å². The average molecular weight is 961 g/mol. The molecule has 0 aromatic heterocycles. The molecule has 0 spiro atoms. The molecule has 1 aliphatic rings. The first-order valence-electron chi connectivity index (χ1n) is 27.2. The van der Waals surface area contributed by atoms with Crippen LogP contribution in [0.1, 0.15) is 258 Å². The van der Waals surface area contributed by atoms with E-state index in [2.05, 4.69) is 26.0 Å². The molecule has 0 radical (unpaired) electrons. The van der Waals surface area contributed by atoms with Crippen molar-refractivity contribution in [1.29, 1.82) is 0 Å². The van der Waals surface area contributed by atoms with Crippen molar-refractivity contribution in [3.05, 3.63) is 12.2 Å². The minimum atomic E-state index is -4.60. The number of hydrogen-bond acceptors (Lipinski definition) is 11. The zero-order chi connectivity index (χ0) is 48.4. The number of carbonyl (C=O) groups is 2. The number of esters is 2. The van der Waals surface area contributed by atoms with Gasteiger partial charge in [-0.05, 0) is 38.5 Å². The number of unbranched alkanes of at least 4 members (excludes halogenated alkanes) is 33.